The predicted octanol–water partition coefficient (Wildman–Crippen LogP) is 1.20. The normalized spacial score (nSPS) is 15.2. The lowest BCUT2D eigenvalue weighted by atomic mass is 9.91. The molecule has 0 radical (unpaired) electrons. The van der Waals surface area contributed by atoms with Crippen LogP contribution in [0.2, 0.25) is 0 Å². The van der Waals surface area contributed by atoms with E-state index in [0.29, 0.717) is 58.0 Å². The number of carboxylic acid groups (broad SMARTS) is 1. The summed E-state index contributed by atoms with van der Waals surface area (Å²) >= 11 is 0. The van der Waals surface area contributed by atoms with E-state index >= 15 is 0 Å². The van der Waals surface area contributed by atoms with Crippen molar-refractivity contribution in [2.75, 3.05) is 13.1 Å². The zero-order valence-electron chi connectivity index (χ0n) is 26.8. The third-order valence-corrected chi connectivity index (χ3v) is 7.56. The molecule has 252 valence electrons. The number of Topliss-reactive ketones (excluding diaryl/α,β-unsaturated/α-hetero) is 4. The second-order valence-electron chi connectivity index (χ2n) is 11.7. The monoisotopic (exact) mass is 626 g/mol. The molecule has 6 atom stereocenters. The van der Waals surface area contributed by atoms with Gasteiger partial charge in [-0.2, -0.15) is 0 Å². The number of carbonyl (C=O) groups excluding carboxylic acids is 6. The number of hydrogen-bond acceptors (Lipinski definition) is 10. The Morgan fingerprint density at radius 2 is 1.27 bits per heavy atom. The van der Waals surface area contributed by atoms with Gasteiger partial charge in [0, 0.05) is 43.4 Å². The van der Waals surface area contributed by atoms with Crippen molar-refractivity contribution in [1.82, 2.24) is 10.6 Å². The van der Waals surface area contributed by atoms with Crippen molar-refractivity contribution >= 4 is 40.9 Å². The average Bonchev–Trinajstić information content (AvgIpc) is 2.96. The van der Waals surface area contributed by atoms with Crippen molar-refractivity contribution in [3.05, 3.63) is 0 Å². The number of unbranched alkanes of at least 4 members (excludes halogenated alkanes) is 3. The van der Waals surface area contributed by atoms with Crippen molar-refractivity contribution in [2.24, 2.45) is 29.2 Å². The van der Waals surface area contributed by atoms with Crippen molar-refractivity contribution in [3.8, 4) is 0 Å². The number of ketones is 4. The van der Waals surface area contributed by atoms with Crippen LogP contribution in [0, 0.1) is 17.8 Å². The number of aliphatic carboxylic acids is 1. The van der Waals surface area contributed by atoms with E-state index in [0.717, 1.165) is 6.42 Å². The Morgan fingerprint density at radius 1 is 0.705 bits per heavy atom. The highest BCUT2D eigenvalue weighted by Gasteiger charge is 2.33. The van der Waals surface area contributed by atoms with E-state index in [1.807, 2.05) is 6.92 Å². The minimum absolute atomic E-state index is 0.0200. The minimum Gasteiger partial charge on any atom is -0.475 e. The zero-order valence-corrected chi connectivity index (χ0v) is 26.8. The van der Waals surface area contributed by atoms with Crippen LogP contribution >= 0.6 is 0 Å². The second kappa shape index (κ2) is 22.5. The number of aliphatic hydroxyl groups is 1. The maximum absolute atomic E-state index is 13.2. The van der Waals surface area contributed by atoms with Crippen LogP contribution in [0.15, 0.2) is 0 Å². The van der Waals surface area contributed by atoms with E-state index in [4.69, 9.17) is 16.6 Å². The molecule has 0 heterocycles. The van der Waals surface area contributed by atoms with E-state index in [9.17, 15) is 38.7 Å². The Labute approximate surface area is 260 Å². The Balaban J connectivity index is 5.53. The van der Waals surface area contributed by atoms with E-state index in [2.05, 4.69) is 10.6 Å². The number of nitrogens with two attached hydrogens (primary N) is 2. The second-order valence-corrected chi connectivity index (χ2v) is 11.7. The van der Waals surface area contributed by atoms with Crippen LogP contribution in [0.3, 0.4) is 0 Å². The van der Waals surface area contributed by atoms with Crippen LogP contribution < -0.4 is 22.1 Å². The first-order chi connectivity index (χ1) is 20.7. The Hall–Kier alpha value is -3.03. The largest absolute Gasteiger partial charge is 0.475 e. The molecule has 2 amide bonds. The molecular weight excluding hydrogens is 572 g/mol. The van der Waals surface area contributed by atoms with E-state index < -0.39 is 71.1 Å². The van der Waals surface area contributed by atoms with Crippen molar-refractivity contribution in [2.45, 2.75) is 123 Å². The first-order valence-electron chi connectivity index (χ1n) is 15.7. The molecule has 0 unspecified atom stereocenters. The van der Waals surface area contributed by atoms with Gasteiger partial charge in [-0.1, -0.05) is 33.6 Å². The Kier molecular flexibility index (Phi) is 20.9. The number of hydrogen-bond donors (Lipinski definition) is 6. The highest BCUT2D eigenvalue weighted by Crippen LogP contribution is 2.18. The zero-order chi connectivity index (χ0) is 33.8. The van der Waals surface area contributed by atoms with Gasteiger partial charge in [-0.05, 0) is 58.5 Å². The van der Waals surface area contributed by atoms with Gasteiger partial charge in [0.2, 0.25) is 17.6 Å². The van der Waals surface area contributed by atoms with Gasteiger partial charge in [0.15, 0.2) is 11.6 Å². The van der Waals surface area contributed by atoms with Crippen LogP contribution in [-0.2, 0) is 33.6 Å². The number of carboxylic acids is 1. The highest BCUT2D eigenvalue weighted by atomic mass is 16.4. The summed E-state index contributed by atoms with van der Waals surface area (Å²) in [6.45, 7) is 6.89. The Morgan fingerprint density at radius 3 is 1.80 bits per heavy atom. The lowest BCUT2D eigenvalue weighted by Crippen LogP contribution is -2.51. The van der Waals surface area contributed by atoms with Crippen LogP contribution in [0.1, 0.15) is 105 Å². The molecule has 8 N–H and O–H groups in total. The topological polar surface area (TPSA) is 236 Å². The molecule has 0 aromatic rings. The number of carbonyl (C=O) groups is 7. The van der Waals surface area contributed by atoms with Gasteiger partial charge in [0.25, 0.3) is 0 Å². The van der Waals surface area contributed by atoms with Gasteiger partial charge in [-0.25, -0.2) is 4.79 Å². The molecule has 0 bridgehead atoms. The molecule has 0 aromatic carbocycles. The summed E-state index contributed by atoms with van der Waals surface area (Å²) < 4.78 is 0. The molecule has 0 aliphatic carbocycles. The first kappa shape index (κ1) is 41.0. The summed E-state index contributed by atoms with van der Waals surface area (Å²) in [6, 6.07) is -2.33. The third kappa shape index (κ3) is 16.2. The number of aliphatic hydroxyl groups excluding tert-OH is 1. The van der Waals surface area contributed by atoms with Crippen LogP contribution in [0.25, 0.3) is 0 Å². The summed E-state index contributed by atoms with van der Waals surface area (Å²) in [5, 5.41) is 24.5. The molecule has 44 heavy (non-hydrogen) atoms. The summed E-state index contributed by atoms with van der Waals surface area (Å²) in [5.74, 6) is -7.78. The molecule has 0 spiro atoms. The maximum Gasteiger partial charge on any atom is 0.372 e. The maximum atomic E-state index is 13.2. The van der Waals surface area contributed by atoms with E-state index in [1.165, 1.54) is 20.8 Å². The summed E-state index contributed by atoms with van der Waals surface area (Å²) in [6.07, 6.45) is 2.88. The smallest absolute Gasteiger partial charge is 0.372 e. The molecule has 0 saturated carbocycles. The molecular formula is C31H54N4O9. The molecule has 13 heteroatoms. The first-order valence-corrected chi connectivity index (χ1v) is 15.7. The van der Waals surface area contributed by atoms with Crippen molar-refractivity contribution in [1.29, 1.82) is 0 Å². The van der Waals surface area contributed by atoms with Gasteiger partial charge >= 0.3 is 5.97 Å². The molecule has 0 aliphatic heterocycles. The molecule has 13 nitrogen and oxygen atoms in total. The number of nitrogens with one attached hydrogen (secondary N) is 2. The SMILES string of the molecule is CCCCC(=O)C[C@@H](CCCCN)C(=O)N[C@H](C(=O)C[C@@H](C)C(=O)N[C@@H](CCCCN)C(=O)C[C@@H](C)C(=O)C(=O)O)[C@@H](C)O. The summed E-state index contributed by atoms with van der Waals surface area (Å²) in [4.78, 5) is 87.4. The fourth-order valence-electron chi connectivity index (χ4n) is 4.74. The minimum atomic E-state index is -1.65. The molecule has 0 aromatic heterocycles. The Bertz CT molecular complexity index is 970. The van der Waals surface area contributed by atoms with Gasteiger partial charge in [0.1, 0.15) is 11.8 Å². The van der Waals surface area contributed by atoms with Crippen LogP contribution in [-0.4, -0.2) is 82.4 Å². The lowest BCUT2D eigenvalue weighted by molar-refractivity contribution is -0.151. The average molecular weight is 627 g/mol. The van der Waals surface area contributed by atoms with Gasteiger partial charge < -0.3 is 32.3 Å². The summed E-state index contributed by atoms with van der Waals surface area (Å²) in [5.41, 5.74) is 11.1. The standard InChI is InChI=1S/C31H54N4O9/c1-5-6-12-23(37)18-22(11-7-9-14-32)30(42)35-27(21(4)36)26(39)17-20(3)29(41)34-24(13-8-10-15-33)25(38)16-19(2)28(40)31(43)44/h19-22,24,27,36H,5-18,32-33H2,1-4H3,(H,34,41)(H,35,42)(H,43,44)/t19-,20-,21-,22-,24+,27+/m1/s1. The van der Waals surface area contributed by atoms with E-state index in [1.54, 1.807) is 0 Å². The number of amides is 2. The quantitative estimate of drug-likeness (QED) is 0.0589. The van der Waals surface area contributed by atoms with E-state index in [-0.39, 0.29) is 31.5 Å². The fraction of sp³-hybridized carbons (Fsp3) is 0.774. The highest BCUT2D eigenvalue weighted by molar-refractivity contribution is 6.33. The van der Waals surface area contributed by atoms with Crippen molar-refractivity contribution < 1.29 is 43.8 Å². The van der Waals surface area contributed by atoms with Gasteiger partial charge in [0.05, 0.1) is 12.1 Å². The van der Waals surface area contributed by atoms with Crippen LogP contribution in [0.4, 0.5) is 0 Å². The number of rotatable bonds is 26. The fourth-order valence-corrected chi connectivity index (χ4v) is 4.74. The summed E-state index contributed by atoms with van der Waals surface area (Å²) in [7, 11) is 0. The van der Waals surface area contributed by atoms with Gasteiger partial charge in [-0.15, -0.1) is 0 Å². The molecule has 0 saturated heterocycles. The predicted molar refractivity (Wildman–Crippen MR) is 164 cm³/mol. The van der Waals surface area contributed by atoms with Crippen LogP contribution in [0.5, 0.6) is 0 Å². The molecule has 0 aliphatic rings. The van der Waals surface area contributed by atoms with Gasteiger partial charge in [-0.3, -0.25) is 28.8 Å². The lowest BCUT2D eigenvalue weighted by Gasteiger charge is -2.25. The molecule has 0 rings (SSSR count). The van der Waals surface area contributed by atoms with Crippen molar-refractivity contribution in [3.63, 3.8) is 0 Å². The molecule has 0 fully saturated rings. The third-order valence-electron chi connectivity index (χ3n) is 7.56.